The molecule has 2 heterocycles. The van der Waals surface area contributed by atoms with Crippen LogP contribution in [-0.2, 0) is 4.79 Å². The predicted octanol–water partition coefficient (Wildman–Crippen LogP) is 0.580. The van der Waals surface area contributed by atoms with Gasteiger partial charge in [0.25, 0.3) is 0 Å². The van der Waals surface area contributed by atoms with Gasteiger partial charge in [-0.1, -0.05) is 0 Å². The van der Waals surface area contributed by atoms with E-state index in [9.17, 15) is 4.79 Å². The number of hydrogen-bond donors (Lipinski definition) is 1. The maximum Gasteiger partial charge on any atom is 0.223 e. The molecule has 80 valence electrons. The van der Waals surface area contributed by atoms with Crippen molar-refractivity contribution in [2.24, 2.45) is 11.8 Å². The van der Waals surface area contributed by atoms with Crippen molar-refractivity contribution in [3.63, 3.8) is 0 Å². The summed E-state index contributed by atoms with van der Waals surface area (Å²) in [5.41, 5.74) is 0. The Morgan fingerprint density at radius 3 is 2.93 bits per heavy atom. The van der Waals surface area contributed by atoms with Crippen LogP contribution >= 0.6 is 11.8 Å². The zero-order valence-electron chi connectivity index (χ0n) is 8.32. The molecule has 0 aromatic carbocycles. The van der Waals surface area contributed by atoms with E-state index in [1.165, 1.54) is 17.9 Å². The fourth-order valence-corrected chi connectivity index (χ4v) is 3.46. The molecule has 0 aromatic rings. The topological polar surface area (TPSA) is 40.5 Å². The number of carbonyl (C=O) groups is 1. The van der Waals surface area contributed by atoms with Crippen LogP contribution in [-0.4, -0.2) is 47.1 Å². The monoisotopic (exact) mass is 215 g/mol. The van der Waals surface area contributed by atoms with E-state index in [1.54, 1.807) is 0 Å². The second-order valence-corrected chi connectivity index (χ2v) is 5.43. The first-order valence-corrected chi connectivity index (χ1v) is 6.41. The average molecular weight is 215 g/mol. The summed E-state index contributed by atoms with van der Waals surface area (Å²) in [5, 5.41) is 8.98. The second kappa shape index (κ2) is 4.53. The Hall–Kier alpha value is -0.220. The molecule has 0 radical (unpaired) electrons. The lowest BCUT2D eigenvalue weighted by Crippen LogP contribution is -2.31. The van der Waals surface area contributed by atoms with E-state index >= 15 is 0 Å². The lowest BCUT2D eigenvalue weighted by molar-refractivity contribution is -0.128. The molecule has 3 nitrogen and oxygen atoms in total. The molecular weight excluding hydrogens is 198 g/mol. The maximum absolute atomic E-state index is 11.5. The Kier molecular flexibility index (Phi) is 3.34. The minimum absolute atomic E-state index is 0.154. The summed E-state index contributed by atoms with van der Waals surface area (Å²) in [6.45, 7) is 1.85. The number of nitrogens with zero attached hydrogens (tertiary/aromatic N) is 1. The Morgan fingerprint density at radius 2 is 2.36 bits per heavy atom. The van der Waals surface area contributed by atoms with Crippen molar-refractivity contribution in [2.75, 3.05) is 31.2 Å². The molecule has 2 fully saturated rings. The van der Waals surface area contributed by atoms with Gasteiger partial charge in [0, 0.05) is 32.0 Å². The van der Waals surface area contributed by atoms with Gasteiger partial charge in [0.1, 0.15) is 0 Å². The first kappa shape index (κ1) is 10.3. The van der Waals surface area contributed by atoms with Crippen molar-refractivity contribution in [3.05, 3.63) is 0 Å². The molecule has 2 aliphatic rings. The number of hydrogen-bond acceptors (Lipinski definition) is 3. The number of aliphatic hydroxyl groups excluding tert-OH is 1. The van der Waals surface area contributed by atoms with Gasteiger partial charge in [0.15, 0.2) is 0 Å². The summed E-state index contributed by atoms with van der Waals surface area (Å²) in [7, 11) is 0. The minimum atomic E-state index is 0.154. The van der Waals surface area contributed by atoms with Crippen molar-refractivity contribution in [3.8, 4) is 0 Å². The fourth-order valence-electron chi connectivity index (χ4n) is 2.19. The number of carbonyl (C=O) groups excluding carboxylic acids is 1. The van der Waals surface area contributed by atoms with Crippen molar-refractivity contribution < 1.29 is 9.90 Å². The molecule has 1 N–H and O–H groups in total. The molecule has 2 saturated heterocycles. The predicted molar refractivity (Wildman–Crippen MR) is 57.2 cm³/mol. The van der Waals surface area contributed by atoms with Gasteiger partial charge < -0.3 is 10.0 Å². The third-order valence-electron chi connectivity index (χ3n) is 3.06. The molecule has 1 amide bonds. The van der Waals surface area contributed by atoms with Crippen LogP contribution < -0.4 is 0 Å². The Balaban J connectivity index is 1.82. The van der Waals surface area contributed by atoms with Gasteiger partial charge in [0.2, 0.25) is 5.91 Å². The van der Waals surface area contributed by atoms with E-state index in [0.717, 1.165) is 13.1 Å². The summed E-state index contributed by atoms with van der Waals surface area (Å²) in [6.07, 6.45) is 1.80. The van der Waals surface area contributed by atoms with E-state index in [2.05, 4.69) is 0 Å². The molecule has 4 heteroatoms. The highest BCUT2D eigenvalue weighted by molar-refractivity contribution is 7.99. The standard InChI is InChI=1S/C10H17NO2S/c12-6-9-3-10(13)11(5-9)4-8-1-2-14-7-8/h8-9,12H,1-7H2. The van der Waals surface area contributed by atoms with Crippen LogP contribution in [0.2, 0.25) is 0 Å². The highest BCUT2D eigenvalue weighted by atomic mass is 32.2. The molecule has 0 spiro atoms. The molecule has 14 heavy (non-hydrogen) atoms. The molecule has 2 unspecified atom stereocenters. The van der Waals surface area contributed by atoms with Gasteiger partial charge in [-0.25, -0.2) is 0 Å². The lowest BCUT2D eigenvalue weighted by atomic mass is 10.1. The van der Waals surface area contributed by atoms with Crippen molar-refractivity contribution in [1.29, 1.82) is 0 Å². The maximum atomic E-state index is 11.5. The summed E-state index contributed by atoms with van der Waals surface area (Å²) in [4.78, 5) is 13.5. The molecule has 0 bridgehead atoms. The van der Waals surface area contributed by atoms with E-state index < -0.39 is 0 Å². The van der Waals surface area contributed by atoms with Gasteiger partial charge in [-0.15, -0.1) is 0 Å². The molecule has 2 aliphatic heterocycles. The van der Waals surface area contributed by atoms with Gasteiger partial charge in [0.05, 0.1) is 0 Å². The van der Waals surface area contributed by atoms with Gasteiger partial charge in [-0.3, -0.25) is 4.79 Å². The quantitative estimate of drug-likeness (QED) is 0.748. The first-order chi connectivity index (χ1) is 6.79. The van der Waals surface area contributed by atoms with E-state index in [1.807, 2.05) is 16.7 Å². The van der Waals surface area contributed by atoms with Crippen LogP contribution in [0.1, 0.15) is 12.8 Å². The normalized spacial score (nSPS) is 32.9. The third-order valence-corrected chi connectivity index (χ3v) is 4.29. The molecular formula is C10H17NO2S. The van der Waals surface area contributed by atoms with Crippen LogP contribution in [0.4, 0.5) is 0 Å². The van der Waals surface area contributed by atoms with Gasteiger partial charge >= 0.3 is 0 Å². The summed E-state index contributed by atoms with van der Waals surface area (Å²) < 4.78 is 0. The van der Waals surface area contributed by atoms with Gasteiger partial charge in [-0.2, -0.15) is 11.8 Å². The van der Waals surface area contributed by atoms with E-state index in [0.29, 0.717) is 12.3 Å². The molecule has 0 saturated carbocycles. The summed E-state index contributed by atoms with van der Waals surface area (Å²) >= 11 is 1.99. The largest absolute Gasteiger partial charge is 0.396 e. The molecule has 0 aliphatic carbocycles. The van der Waals surface area contributed by atoms with Crippen LogP contribution in [0.5, 0.6) is 0 Å². The smallest absolute Gasteiger partial charge is 0.223 e. The molecule has 0 aromatic heterocycles. The Labute approximate surface area is 88.9 Å². The average Bonchev–Trinajstić information content (AvgIpc) is 2.78. The highest BCUT2D eigenvalue weighted by Crippen LogP contribution is 2.26. The van der Waals surface area contributed by atoms with Crippen LogP contribution in [0, 0.1) is 11.8 Å². The van der Waals surface area contributed by atoms with Crippen LogP contribution in [0.25, 0.3) is 0 Å². The number of aliphatic hydroxyl groups is 1. The summed E-state index contributed by atoms with van der Waals surface area (Å²) in [5.74, 6) is 3.57. The third kappa shape index (κ3) is 2.23. The number of rotatable bonds is 3. The van der Waals surface area contributed by atoms with E-state index in [4.69, 9.17) is 5.11 Å². The van der Waals surface area contributed by atoms with Crippen molar-refractivity contribution in [2.45, 2.75) is 12.8 Å². The minimum Gasteiger partial charge on any atom is -0.396 e. The zero-order chi connectivity index (χ0) is 9.97. The second-order valence-electron chi connectivity index (χ2n) is 4.28. The number of amides is 1. The Bertz CT molecular complexity index is 216. The lowest BCUT2D eigenvalue weighted by Gasteiger charge is -2.20. The SMILES string of the molecule is O=C1CC(CO)CN1CC1CCSC1. The van der Waals surface area contributed by atoms with Crippen molar-refractivity contribution in [1.82, 2.24) is 4.90 Å². The van der Waals surface area contributed by atoms with E-state index in [-0.39, 0.29) is 18.4 Å². The highest BCUT2D eigenvalue weighted by Gasteiger charge is 2.31. The van der Waals surface area contributed by atoms with Gasteiger partial charge in [-0.05, 0) is 23.8 Å². The Morgan fingerprint density at radius 1 is 1.50 bits per heavy atom. The van der Waals surface area contributed by atoms with Crippen molar-refractivity contribution >= 4 is 17.7 Å². The number of likely N-dealkylation sites (tertiary alicyclic amines) is 1. The summed E-state index contributed by atoms with van der Waals surface area (Å²) in [6, 6.07) is 0. The molecule has 2 atom stereocenters. The fraction of sp³-hybridized carbons (Fsp3) is 0.900. The van der Waals surface area contributed by atoms with Crippen LogP contribution in [0.3, 0.4) is 0 Å². The van der Waals surface area contributed by atoms with Crippen LogP contribution in [0.15, 0.2) is 0 Å². The zero-order valence-corrected chi connectivity index (χ0v) is 9.13. The number of thioether (sulfide) groups is 1. The first-order valence-electron chi connectivity index (χ1n) is 5.26. The molecule has 2 rings (SSSR count).